The Hall–Kier alpha value is -2.01. The quantitative estimate of drug-likeness (QED) is 0.812. The third kappa shape index (κ3) is 2.52. The van der Waals surface area contributed by atoms with E-state index in [-0.39, 0.29) is 4.64 Å². The zero-order valence-electron chi connectivity index (χ0n) is 8.25. The third-order valence-electron chi connectivity index (χ3n) is 1.91. The Balaban J connectivity index is 2.37. The fraction of sp³-hybridized carbons (Fsp3) is 0. The normalized spacial score (nSPS) is 9.75. The van der Waals surface area contributed by atoms with E-state index in [1.54, 1.807) is 18.2 Å². The topological polar surface area (TPSA) is 59.2 Å². The molecule has 0 fully saturated rings. The molecule has 2 aromatic rings. The number of nitrogens with one attached hydrogen (secondary N) is 1. The van der Waals surface area contributed by atoms with Crippen molar-refractivity contribution in [3.05, 3.63) is 53.3 Å². The number of aromatic nitrogens is 1. The Morgan fingerprint density at radius 1 is 1.00 bits per heavy atom. The van der Waals surface area contributed by atoms with E-state index in [1.807, 2.05) is 18.2 Å². The standard InChI is InChI=1S/C11H9NO3S/c13-16(14)11-8-10(6-7-12-11)15-9-4-2-1-3-5-9/h1-8,12H. The highest BCUT2D eigenvalue weighted by Crippen LogP contribution is 2.19. The number of ether oxygens (including phenoxy) is 1. The fourth-order valence-electron chi connectivity index (χ4n) is 1.21. The molecule has 1 aromatic carbocycles. The molecule has 0 aliphatic heterocycles. The lowest BCUT2D eigenvalue weighted by molar-refractivity contribution is 0.481. The molecule has 0 spiro atoms. The summed E-state index contributed by atoms with van der Waals surface area (Å²) in [5, 5.41) is 0. The maximum absolute atomic E-state index is 10.7. The summed E-state index contributed by atoms with van der Waals surface area (Å²) in [4.78, 5) is 2.60. The molecule has 82 valence electrons. The number of aromatic amines is 1. The fourth-order valence-corrected chi connectivity index (χ4v) is 1.59. The first-order valence-corrected chi connectivity index (χ1v) is 5.67. The van der Waals surface area contributed by atoms with Crippen LogP contribution in [0.3, 0.4) is 0 Å². The van der Waals surface area contributed by atoms with Gasteiger partial charge in [0.15, 0.2) is 4.64 Å². The number of rotatable bonds is 2. The zero-order chi connectivity index (χ0) is 11.4. The van der Waals surface area contributed by atoms with Gasteiger partial charge < -0.3 is 9.72 Å². The van der Waals surface area contributed by atoms with Crippen molar-refractivity contribution in [3.63, 3.8) is 0 Å². The molecule has 0 bridgehead atoms. The van der Waals surface area contributed by atoms with E-state index in [4.69, 9.17) is 4.74 Å². The van der Waals surface area contributed by atoms with Gasteiger partial charge in [-0.05, 0) is 18.2 Å². The molecule has 0 atom stereocenters. The van der Waals surface area contributed by atoms with Crippen LogP contribution in [0.2, 0.25) is 0 Å². The summed E-state index contributed by atoms with van der Waals surface area (Å²) in [6, 6.07) is 12.2. The molecule has 1 heterocycles. The van der Waals surface area contributed by atoms with E-state index < -0.39 is 10.3 Å². The largest absolute Gasteiger partial charge is 0.457 e. The van der Waals surface area contributed by atoms with Crippen molar-refractivity contribution in [3.8, 4) is 11.5 Å². The maximum Gasteiger partial charge on any atom is 0.238 e. The van der Waals surface area contributed by atoms with E-state index >= 15 is 0 Å². The van der Waals surface area contributed by atoms with Gasteiger partial charge in [0.2, 0.25) is 10.3 Å². The number of hydrogen-bond donors (Lipinski definition) is 1. The van der Waals surface area contributed by atoms with Crippen LogP contribution in [0.15, 0.2) is 48.7 Å². The molecule has 0 unspecified atom stereocenters. The average molecular weight is 235 g/mol. The molecule has 0 saturated carbocycles. The van der Waals surface area contributed by atoms with Gasteiger partial charge in [0, 0.05) is 12.3 Å². The monoisotopic (exact) mass is 235 g/mol. The molecule has 0 radical (unpaired) electrons. The van der Waals surface area contributed by atoms with Crippen LogP contribution in [0.4, 0.5) is 0 Å². The Bertz CT molecular complexity index is 636. The number of hydrogen-bond acceptors (Lipinski definition) is 3. The molecule has 0 aliphatic carbocycles. The van der Waals surface area contributed by atoms with Crippen LogP contribution >= 0.6 is 0 Å². The van der Waals surface area contributed by atoms with Gasteiger partial charge in [0.25, 0.3) is 0 Å². The summed E-state index contributed by atoms with van der Waals surface area (Å²) in [5.41, 5.74) is 0. The van der Waals surface area contributed by atoms with Gasteiger partial charge in [-0.25, -0.2) is 0 Å². The average Bonchev–Trinajstić information content (AvgIpc) is 2.30. The number of para-hydroxylation sites is 1. The highest BCUT2D eigenvalue weighted by Gasteiger charge is 1.95. The molecule has 16 heavy (non-hydrogen) atoms. The Morgan fingerprint density at radius 3 is 2.44 bits per heavy atom. The van der Waals surface area contributed by atoms with E-state index in [9.17, 15) is 8.42 Å². The predicted molar refractivity (Wildman–Crippen MR) is 59.5 cm³/mol. The summed E-state index contributed by atoms with van der Waals surface area (Å²) in [6.07, 6.45) is 1.52. The van der Waals surface area contributed by atoms with Gasteiger partial charge in [0.1, 0.15) is 11.5 Å². The second kappa shape index (κ2) is 4.67. The van der Waals surface area contributed by atoms with Crippen LogP contribution in [-0.2, 0) is 10.3 Å². The van der Waals surface area contributed by atoms with Crippen molar-refractivity contribution >= 4 is 10.3 Å². The minimum atomic E-state index is -2.28. The third-order valence-corrected chi connectivity index (χ3v) is 2.50. The lowest BCUT2D eigenvalue weighted by Crippen LogP contribution is -1.85. The Labute approximate surface area is 93.7 Å². The van der Waals surface area contributed by atoms with Gasteiger partial charge in [-0.15, -0.1) is 0 Å². The van der Waals surface area contributed by atoms with Crippen molar-refractivity contribution in [2.24, 2.45) is 0 Å². The van der Waals surface area contributed by atoms with Crippen LogP contribution in [0.25, 0.3) is 0 Å². The molecule has 4 nitrogen and oxygen atoms in total. The van der Waals surface area contributed by atoms with Gasteiger partial charge in [-0.2, -0.15) is 8.42 Å². The molecule has 0 saturated heterocycles. The number of H-pyrrole nitrogens is 1. The summed E-state index contributed by atoms with van der Waals surface area (Å²) < 4.78 is 27.0. The van der Waals surface area contributed by atoms with E-state index in [0.717, 1.165) is 0 Å². The smallest absolute Gasteiger partial charge is 0.238 e. The summed E-state index contributed by atoms with van der Waals surface area (Å²) in [6.45, 7) is 0. The van der Waals surface area contributed by atoms with Crippen molar-refractivity contribution in [2.45, 2.75) is 0 Å². The minimum Gasteiger partial charge on any atom is -0.457 e. The molecule has 5 heteroatoms. The Kier molecular flexibility index (Phi) is 3.07. The molecule has 1 aromatic heterocycles. The van der Waals surface area contributed by atoms with Crippen LogP contribution < -0.4 is 4.74 Å². The second-order valence-electron chi connectivity index (χ2n) is 3.04. The van der Waals surface area contributed by atoms with Crippen LogP contribution in [0, 0.1) is 4.64 Å². The zero-order valence-corrected chi connectivity index (χ0v) is 9.07. The maximum atomic E-state index is 10.7. The summed E-state index contributed by atoms with van der Waals surface area (Å²) in [5.74, 6) is 1.14. The summed E-state index contributed by atoms with van der Waals surface area (Å²) >= 11 is 0. The van der Waals surface area contributed by atoms with Gasteiger partial charge >= 0.3 is 0 Å². The Morgan fingerprint density at radius 2 is 1.75 bits per heavy atom. The molecule has 2 rings (SSSR count). The van der Waals surface area contributed by atoms with Crippen LogP contribution in [0.1, 0.15) is 0 Å². The first-order valence-electron chi connectivity index (χ1n) is 4.59. The van der Waals surface area contributed by atoms with E-state index in [0.29, 0.717) is 11.5 Å². The van der Waals surface area contributed by atoms with Crippen LogP contribution in [-0.4, -0.2) is 13.4 Å². The van der Waals surface area contributed by atoms with Crippen molar-refractivity contribution in [2.75, 3.05) is 0 Å². The number of pyridine rings is 1. The van der Waals surface area contributed by atoms with Crippen molar-refractivity contribution < 1.29 is 13.2 Å². The van der Waals surface area contributed by atoms with Gasteiger partial charge in [0.05, 0.1) is 0 Å². The summed E-state index contributed by atoms with van der Waals surface area (Å²) in [7, 11) is -2.28. The number of benzene rings is 1. The molecule has 1 N–H and O–H groups in total. The highest BCUT2D eigenvalue weighted by atomic mass is 32.2. The first-order chi connectivity index (χ1) is 7.75. The van der Waals surface area contributed by atoms with Gasteiger partial charge in [-0.3, -0.25) is 0 Å². The lowest BCUT2D eigenvalue weighted by Gasteiger charge is -2.03. The molecule has 0 amide bonds. The van der Waals surface area contributed by atoms with Crippen molar-refractivity contribution in [1.29, 1.82) is 0 Å². The first kappa shape index (κ1) is 10.5. The minimum absolute atomic E-state index is 0.0911. The SMILES string of the molecule is O=S(=O)=c1cc(Oc2ccccc2)cc[nH]1. The predicted octanol–water partition coefficient (Wildman–Crippen LogP) is 2.22. The molecular weight excluding hydrogens is 226 g/mol. The van der Waals surface area contributed by atoms with Gasteiger partial charge in [-0.1, -0.05) is 18.2 Å². The van der Waals surface area contributed by atoms with Crippen molar-refractivity contribution in [1.82, 2.24) is 4.98 Å². The molecular formula is C11H9NO3S. The second-order valence-corrected chi connectivity index (χ2v) is 3.95. The van der Waals surface area contributed by atoms with E-state index in [2.05, 4.69) is 4.98 Å². The lowest BCUT2D eigenvalue weighted by atomic mass is 10.3. The van der Waals surface area contributed by atoms with E-state index in [1.165, 1.54) is 12.3 Å². The van der Waals surface area contributed by atoms with Crippen LogP contribution in [0.5, 0.6) is 11.5 Å². The molecule has 0 aliphatic rings. The highest BCUT2D eigenvalue weighted by molar-refractivity contribution is 7.63.